The van der Waals surface area contributed by atoms with Crippen molar-refractivity contribution in [1.82, 2.24) is 0 Å². The van der Waals surface area contributed by atoms with Crippen LogP contribution in [0.25, 0.3) is 0 Å². The lowest BCUT2D eigenvalue weighted by molar-refractivity contribution is -0.114. The lowest BCUT2D eigenvalue weighted by atomic mass is 9.56. The molecule has 0 aromatic rings. The average molecular weight is 295 g/mol. The minimum absolute atomic E-state index is 0.327. The fraction of sp³-hybridized carbons (Fsp3) is 0.700. The molecular formula is C20H25NO. The van der Waals surface area contributed by atoms with E-state index < -0.39 is 0 Å². The average Bonchev–Trinajstić information content (AvgIpc) is 2.84. The first kappa shape index (κ1) is 14.2. The highest BCUT2D eigenvalue weighted by atomic mass is 16.1. The van der Waals surface area contributed by atoms with Gasteiger partial charge < -0.3 is 0 Å². The summed E-state index contributed by atoms with van der Waals surface area (Å²) >= 11 is 0. The third-order valence-corrected chi connectivity index (χ3v) is 7.27. The number of carbonyl (C=O) groups excluding carboxylic acids is 1. The number of hydrogen-bond donors (Lipinski definition) is 0. The molecule has 2 saturated carbocycles. The molecule has 0 heterocycles. The van der Waals surface area contributed by atoms with Crippen LogP contribution in [0.5, 0.6) is 0 Å². The number of hydrogen-bond acceptors (Lipinski definition) is 2. The minimum Gasteiger partial charge on any atom is -0.295 e. The Bertz CT molecular complexity index is 620. The molecular weight excluding hydrogens is 270 g/mol. The lowest BCUT2D eigenvalue weighted by Crippen LogP contribution is -2.40. The SMILES string of the molecule is C[C@]12CCC3=C4CCC(=O)C=C4CC[C@H]3[C@@H]1CC[C@@H]2CC#N. The predicted molar refractivity (Wildman–Crippen MR) is 85.9 cm³/mol. The van der Waals surface area contributed by atoms with Gasteiger partial charge in [0.05, 0.1) is 6.07 Å². The van der Waals surface area contributed by atoms with Gasteiger partial charge in [0.15, 0.2) is 5.78 Å². The van der Waals surface area contributed by atoms with Crippen LogP contribution in [0.1, 0.15) is 64.7 Å². The zero-order chi connectivity index (χ0) is 15.3. The fourth-order valence-corrected chi connectivity index (χ4v) is 6.08. The molecule has 0 spiro atoms. The third-order valence-electron chi connectivity index (χ3n) is 7.27. The quantitative estimate of drug-likeness (QED) is 0.702. The van der Waals surface area contributed by atoms with E-state index in [9.17, 15) is 4.79 Å². The summed E-state index contributed by atoms with van der Waals surface area (Å²) < 4.78 is 0. The smallest absolute Gasteiger partial charge is 0.156 e. The molecule has 4 aliphatic carbocycles. The standard InChI is InChI=1S/C20H25NO/c1-20-10-8-17-16-6-4-15(22)12-13(16)2-5-18(17)19(20)7-3-14(20)9-11-21/h12,14,18-19H,2-10H2,1H3/t14-,18-,19+,20-/m1/s1. The van der Waals surface area contributed by atoms with Crippen molar-refractivity contribution in [1.29, 1.82) is 5.26 Å². The number of allylic oxidation sites excluding steroid dienone is 4. The molecule has 2 heteroatoms. The van der Waals surface area contributed by atoms with Gasteiger partial charge in [-0.2, -0.15) is 5.26 Å². The molecule has 116 valence electrons. The molecule has 0 amide bonds. The molecule has 0 radical (unpaired) electrons. The number of nitriles is 1. The molecule has 0 unspecified atom stereocenters. The van der Waals surface area contributed by atoms with Crippen molar-refractivity contribution in [2.45, 2.75) is 64.7 Å². The van der Waals surface area contributed by atoms with E-state index in [1.54, 1.807) is 11.1 Å². The summed E-state index contributed by atoms with van der Waals surface area (Å²) in [5.41, 5.74) is 5.00. The first-order valence-electron chi connectivity index (χ1n) is 8.96. The summed E-state index contributed by atoms with van der Waals surface area (Å²) in [6.07, 6.45) is 11.7. The topological polar surface area (TPSA) is 40.9 Å². The highest BCUT2D eigenvalue weighted by Gasteiger charge is 2.53. The van der Waals surface area contributed by atoms with Gasteiger partial charge in [0.25, 0.3) is 0 Å². The van der Waals surface area contributed by atoms with Gasteiger partial charge >= 0.3 is 0 Å². The number of nitrogens with zero attached hydrogens (tertiary/aromatic N) is 1. The fourth-order valence-electron chi connectivity index (χ4n) is 6.08. The highest BCUT2D eigenvalue weighted by molar-refractivity contribution is 5.93. The molecule has 4 rings (SSSR count). The summed E-state index contributed by atoms with van der Waals surface area (Å²) in [5, 5.41) is 9.14. The maximum Gasteiger partial charge on any atom is 0.156 e. The van der Waals surface area contributed by atoms with E-state index >= 15 is 0 Å². The van der Waals surface area contributed by atoms with Crippen LogP contribution in [0.4, 0.5) is 0 Å². The van der Waals surface area contributed by atoms with Crippen molar-refractivity contribution in [2.75, 3.05) is 0 Å². The van der Waals surface area contributed by atoms with Crippen LogP contribution in [0.15, 0.2) is 22.8 Å². The Kier molecular flexibility index (Phi) is 3.29. The van der Waals surface area contributed by atoms with Crippen molar-refractivity contribution >= 4 is 5.78 Å². The van der Waals surface area contributed by atoms with Crippen molar-refractivity contribution in [2.24, 2.45) is 23.2 Å². The molecule has 22 heavy (non-hydrogen) atoms. The van der Waals surface area contributed by atoms with E-state index in [2.05, 4.69) is 13.0 Å². The first-order valence-corrected chi connectivity index (χ1v) is 8.96. The normalized spacial score (nSPS) is 40.5. The van der Waals surface area contributed by atoms with Crippen LogP contribution in [-0.4, -0.2) is 5.78 Å². The first-order chi connectivity index (χ1) is 10.6. The van der Waals surface area contributed by atoms with Crippen LogP contribution < -0.4 is 0 Å². The van der Waals surface area contributed by atoms with Crippen molar-refractivity contribution in [3.05, 3.63) is 22.8 Å². The zero-order valence-electron chi connectivity index (χ0n) is 13.5. The molecule has 2 fully saturated rings. The summed E-state index contributed by atoms with van der Waals surface area (Å²) in [4.78, 5) is 11.7. The third kappa shape index (κ3) is 1.94. The Labute approximate surface area is 133 Å². The molecule has 2 nitrogen and oxygen atoms in total. The minimum atomic E-state index is 0.327. The predicted octanol–water partition coefficient (Wildman–Crippen LogP) is 4.72. The van der Waals surface area contributed by atoms with Gasteiger partial charge in [-0.1, -0.05) is 12.5 Å². The lowest BCUT2D eigenvalue weighted by Gasteiger charge is -2.49. The van der Waals surface area contributed by atoms with E-state index in [1.807, 2.05) is 6.08 Å². The number of ketones is 1. The van der Waals surface area contributed by atoms with Crippen LogP contribution in [-0.2, 0) is 4.79 Å². The van der Waals surface area contributed by atoms with Gasteiger partial charge in [0.2, 0.25) is 0 Å². The van der Waals surface area contributed by atoms with E-state index in [0.717, 1.165) is 31.1 Å². The Morgan fingerprint density at radius 1 is 1.23 bits per heavy atom. The van der Waals surface area contributed by atoms with Gasteiger partial charge in [-0.3, -0.25) is 4.79 Å². The highest BCUT2D eigenvalue weighted by Crippen LogP contribution is 2.62. The van der Waals surface area contributed by atoms with Crippen molar-refractivity contribution in [3.63, 3.8) is 0 Å². The molecule has 0 bridgehead atoms. The summed E-state index contributed by atoms with van der Waals surface area (Å²) in [5.74, 6) is 2.45. The van der Waals surface area contributed by atoms with Crippen molar-refractivity contribution in [3.8, 4) is 6.07 Å². The second-order valence-corrected chi connectivity index (χ2v) is 8.03. The number of rotatable bonds is 1. The summed E-state index contributed by atoms with van der Waals surface area (Å²) in [7, 11) is 0. The Balaban J connectivity index is 1.69. The van der Waals surface area contributed by atoms with E-state index in [0.29, 0.717) is 23.5 Å². The zero-order valence-corrected chi connectivity index (χ0v) is 13.5. The number of carbonyl (C=O) groups is 1. The van der Waals surface area contributed by atoms with Gasteiger partial charge in [0, 0.05) is 12.8 Å². The molecule has 0 saturated heterocycles. The Hall–Kier alpha value is -1.36. The van der Waals surface area contributed by atoms with Crippen LogP contribution in [0, 0.1) is 34.5 Å². The Morgan fingerprint density at radius 3 is 2.91 bits per heavy atom. The van der Waals surface area contributed by atoms with Gasteiger partial charge in [-0.15, -0.1) is 0 Å². The molecule has 0 aliphatic heterocycles. The molecule has 4 atom stereocenters. The van der Waals surface area contributed by atoms with Crippen molar-refractivity contribution < 1.29 is 4.79 Å². The second-order valence-electron chi connectivity index (χ2n) is 8.03. The van der Waals surface area contributed by atoms with Gasteiger partial charge in [-0.25, -0.2) is 0 Å². The Morgan fingerprint density at radius 2 is 2.09 bits per heavy atom. The number of fused-ring (bicyclic) bond motifs is 4. The largest absolute Gasteiger partial charge is 0.295 e. The van der Waals surface area contributed by atoms with Crippen LogP contribution >= 0.6 is 0 Å². The van der Waals surface area contributed by atoms with Crippen LogP contribution in [0.3, 0.4) is 0 Å². The summed E-state index contributed by atoms with van der Waals surface area (Å²) in [6, 6.07) is 2.43. The van der Waals surface area contributed by atoms with E-state index in [1.165, 1.54) is 37.7 Å². The monoisotopic (exact) mass is 295 g/mol. The molecule has 0 aromatic carbocycles. The van der Waals surface area contributed by atoms with Crippen LogP contribution in [0.2, 0.25) is 0 Å². The van der Waals surface area contributed by atoms with E-state index in [-0.39, 0.29) is 0 Å². The second kappa shape index (κ2) is 5.08. The molecule has 4 aliphatic rings. The molecule has 0 aromatic heterocycles. The summed E-state index contributed by atoms with van der Waals surface area (Å²) in [6.45, 7) is 2.46. The molecule has 0 N–H and O–H groups in total. The maximum absolute atomic E-state index is 11.7. The van der Waals surface area contributed by atoms with E-state index in [4.69, 9.17) is 5.26 Å². The maximum atomic E-state index is 11.7. The van der Waals surface area contributed by atoms with Gasteiger partial charge in [0.1, 0.15) is 0 Å². The van der Waals surface area contributed by atoms with Gasteiger partial charge in [-0.05, 0) is 85.3 Å².